The molecule has 0 saturated heterocycles. The summed E-state index contributed by atoms with van der Waals surface area (Å²) in [6.07, 6.45) is -0.628. The third-order valence-electron chi connectivity index (χ3n) is 4.73. The van der Waals surface area contributed by atoms with E-state index in [9.17, 15) is 14.7 Å². The lowest BCUT2D eigenvalue weighted by molar-refractivity contribution is -0.312. The average Bonchev–Trinajstić information content (AvgIpc) is 2.73. The molecule has 0 spiro atoms. The Hall–Kier alpha value is -3.48. The molecule has 1 atom stereocenters. The first-order valence-electron chi connectivity index (χ1n) is 9.35. The zero-order valence-electron chi connectivity index (χ0n) is 16.0. The minimum atomic E-state index is -1.32. The molecule has 0 bridgehead atoms. The number of carboxylic acids is 1. The van der Waals surface area contributed by atoms with Crippen molar-refractivity contribution < 1.29 is 28.5 Å². The van der Waals surface area contributed by atoms with Crippen LogP contribution < -0.4 is 24.7 Å². The third-order valence-corrected chi connectivity index (χ3v) is 4.73. The number of hydrogen-bond acceptors (Lipinski definition) is 7. The molecule has 29 heavy (non-hydrogen) atoms. The van der Waals surface area contributed by atoms with Crippen LogP contribution in [-0.4, -0.2) is 25.3 Å². The Morgan fingerprint density at radius 1 is 1.14 bits per heavy atom. The first-order chi connectivity index (χ1) is 14.0. The Morgan fingerprint density at radius 3 is 2.62 bits per heavy atom. The van der Waals surface area contributed by atoms with Gasteiger partial charge in [0.05, 0.1) is 16.9 Å². The second-order valence-corrected chi connectivity index (χ2v) is 6.68. The molecule has 0 fully saturated rings. The smallest absolute Gasteiger partial charge is 0.200 e. The Labute approximate surface area is 166 Å². The van der Waals surface area contributed by atoms with E-state index >= 15 is 0 Å². The van der Waals surface area contributed by atoms with Crippen molar-refractivity contribution in [1.29, 1.82) is 0 Å². The molecule has 4 rings (SSSR count). The fraction of sp³-hybridized carbons (Fsp3) is 0.273. The fourth-order valence-corrected chi connectivity index (χ4v) is 3.29. The molecule has 0 saturated carbocycles. The van der Waals surface area contributed by atoms with Crippen LogP contribution in [0.5, 0.6) is 17.2 Å². The van der Waals surface area contributed by atoms with Crippen molar-refractivity contribution in [3.63, 3.8) is 0 Å². The maximum absolute atomic E-state index is 13.2. The van der Waals surface area contributed by atoms with Crippen molar-refractivity contribution in [1.82, 2.24) is 0 Å². The Balaban J connectivity index is 1.82. The maximum Gasteiger partial charge on any atom is 0.200 e. The highest BCUT2D eigenvalue weighted by Crippen LogP contribution is 2.35. The first-order valence-corrected chi connectivity index (χ1v) is 9.35. The topological polar surface area (TPSA) is 98.0 Å². The lowest BCUT2D eigenvalue weighted by Gasteiger charge is -2.19. The van der Waals surface area contributed by atoms with Gasteiger partial charge in [-0.3, -0.25) is 4.79 Å². The van der Waals surface area contributed by atoms with Gasteiger partial charge in [0, 0.05) is 12.5 Å². The van der Waals surface area contributed by atoms with E-state index in [0.29, 0.717) is 59.0 Å². The van der Waals surface area contributed by atoms with Gasteiger partial charge in [-0.15, -0.1) is 0 Å². The Kier molecular flexibility index (Phi) is 4.88. The minimum Gasteiger partial charge on any atom is -0.546 e. The van der Waals surface area contributed by atoms with Gasteiger partial charge in [-0.25, -0.2) is 0 Å². The van der Waals surface area contributed by atoms with Crippen molar-refractivity contribution in [2.75, 3.05) is 13.2 Å². The molecule has 0 N–H and O–H groups in total. The number of aryl methyl sites for hydroxylation is 1. The van der Waals surface area contributed by atoms with Gasteiger partial charge in [-0.05, 0) is 36.8 Å². The highest BCUT2D eigenvalue weighted by Gasteiger charge is 2.19. The maximum atomic E-state index is 13.2. The van der Waals surface area contributed by atoms with Crippen LogP contribution in [0.1, 0.15) is 19.6 Å². The predicted molar refractivity (Wildman–Crippen MR) is 103 cm³/mol. The molecule has 1 unspecified atom stereocenters. The summed E-state index contributed by atoms with van der Waals surface area (Å²) < 4.78 is 22.5. The lowest BCUT2D eigenvalue weighted by atomic mass is 10.0. The molecule has 3 aromatic rings. The molecule has 7 heteroatoms. The number of benzene rings is 2. The van der Waals surface area contributed by atoms with Gasteiger partial charge in [-0.2, -0.15) is 0 Å². The number of carboxylic acid groups (broad SMARTS) is 1. The van der Waals surface area contributed by atoms with Crippen molar-refractivity contribution in [3.8, 4) is 28.4 Å². The van der Waals surface area contributed by atoms with E-state index in [1.54, 1.807) is 18.2 Å². The van der Waals surface area contributed by atoms with Gasteiger partial charge in [0.15, 0.2) is 11.5 Å². The molecule has 150 valence electrons. The second kappa shape index (κ2) is 7.50. The molecular weight excluding hydrogens is 376 g/mol. The summed E-state index contributed by atoms with van der Waals surface area (Å²) in [5, 5.41) is 11.3. The second-order valence-electron chi connectivity index (χ2n) is 6.68. The molecule has 0 amide bonds. The van der Waals surface area contributed by atoms with Crippen LogP contribution in [0.4, 0.5) is 0 Å². The van der Waals surface area contributed by atoms with E-state index in [4.69, 9.17) is 18.6 Å². The minimum absolute atomic E-state index is 0.181. The highest BCUT2D eigenvalue weighted by molar-refractivity contribution is 5.84. The predicted octanol–water partition coefficient (Wildman–Crippen LogP) is 2.31. The van der Waals surface area contributed by atoms with Crippen molar-refractivity contribution in [2.45, 2.75) is 26.4 Å². The summed E-state index contributed by atoms with van der Waals surface area (Å²) in [6, 6.07) is 10.00. The molecule has 1 aliphatic rings. The largest absolute Gasteiger partial charge is 0.546 e. The Bertz CT molecular complexity index is 1150. The normalized spacial score (nSPS) is 13.9. The monoisotopic (exact) mass is 395 g/mol. The standard InChI is InChI=1S/C22H20O7/c1-3-16-20(13-4-7-17-19(10-13)27-9-8-26-17)21(23)15-6-5-14(11-18(15)29-16)28-12(2)22(24)25/h4-7,10-12H,3,8-9H2,1-2H3,(H,24,25)/p-1. The number of ether oxygens (including phenoxy) is 3. The van der Waals surface area contributed by atoms with E-state index in [-0.39, 0.29) is 11.2 Å². The van der Waals surface area contributed by atoms with E-state index < -0.39 is 12.1 Å². The van der Waals surface area contributed by atoms with Gasteiger partial charge in [0.25, 0.3) is 0 Å². The number of carbonyl (C=O) groups is 1. The third kappa shape index (κ3) is 3.51. The van der Waals surface area contributed by atoms with Crippen LogP contribution >= 0.6 is 0 Å². The summed E-state index contributed by atoms with van der Waals surface area (Å²) in [5.41, 5.74) is 1.30. The first kappa shape index (κ1) is 18.9. The molecular formula is C22H19O7-. The summed E-state index contributed by atoms with van der Waals surface area (Å²) in [6.45, 7) is 4.21. The SMILES string of the molecule is CCc1oc2cc(OC(C)C(=O)[O-])ccc2c(=O)c1-c1ccc2c(c1)OCCO2. The number of hydrogen-bond donors (Lipinski definition) is 0. The van der Waals surface area contributed by atoms with Crippen LogP contribution in [0.25, 0.3) is 22.1 Å². The van der Waals surface area contributed by atoms with E-state index in [0.717, 1.165) is 0 Å². The van der Waals surface area contributed by atoms with Gasteiger partial charge < -0.3 is 28.5 Å². The molecule has 2 aromatic carbocycles. The van der Waals surface area contributed by atoms with Gasteiger partial charge in [0.1, 0.15) is 36.4 Å². The highest BCUT2D eigenvalue weighted by atomic mass is 16.6. The average molecular weight is 395 g/mol. The zero-order chi connectivity index (χ0) is 20.5. The zero-order valence-corrected chi connectivity index (χ0v) is 16.0. The van der Waals surface area contributed by atoms with Gasteiger partial charge in [-0.1, -0.05) is 13.0 Å². The van der Waals surface area contributed by atoms with Crippen molar-refractivity contribution in [2.24, 2.45) is 0 Å². The van der Waals surface area contributed by atoms with Crippen LogP contribution in [0.15, 0.2) is 45.6 Å². The fourth-order valence-electron chi connectivity index (χ4n) is 3.29. The van der Waals surface area contributed by atoms with Gasteiger partial charge >= 0.3 is 0 Å². The molecule has 7 nitrogen and oxygen atoms in total. The van der Waals surface area contributed by atoms with Crippen molar-refractivity contribution in [3.05, 3.63) is 52.4 Å². The molecule has 1 aliphatic heterocycles. The summed E-state index contributed by atoms with van der Waals surface area (Å²) >= 11 is 0. The lowest BCUT2D eigenvalue weighted by Crippen LogP contribution is -2.37. The quantitative estimate of drug-likeness (QED) is 0.654. The molecule has 2 heterocycles. The number of aliphatic carboxylic acids is 1. The molecule has 0 aliphatic carbocycles. The van der Waals surface area contributed by atoms with E-state index in [2.05, 4.69) is 0 Å². The van der Waals surface area contributed by atoms with Crippen LogP contribution in [-0.2, 0) is 11.2 Å². The Morgan fingerprint density at radius 2 is 1.90 bits per heavy atom. The summed E-state index contributed by atoms with van der Waals surface area (Å²) in [4.78, 5) is 24.1. The number of fused-ring (bicyclic) bond motifs is 2. The summed E-state index contributed by atoms with van der Waals surface area (Å²) in [5.74, 6) is 0.716. The molecule has 0 radical (unpaired) electrons. The van der Waals surface area contributed by atoms with E-state index in [1.165, 1.54) is 19.1 Å². The van der Waals surface area contributed by atoms with Crippen LogP contribution in [0.2, 0.25) is 0 Å². The van der Waals surface area contributed by atoms with Gasteiger partial charge in [0.2, 0.25) is 5.43 Å². The van der Waals surface area contributed by atoms with Crippen LogP contribution in [0.3, 0.4) is 0 Å². The van der Waals surface area contributed by atoms with Crippen molar-refractivity contribution >= 4 is 16.9 Å². The van der Waals surface area contributed by atoms with Crippen LogP contribution in [0, 0.1) is 0 Å². The molecule has 1 aromatic heterocycles. The summed E-state index contributed by atoms with van der Waals surface area (Å²) in [7, 11) is 0. The van der Waals surface area contributed by atoms with E-state index in [1.807, 2.05) is 13.0 Å². The number of rotatable bonds is 5. The number of carbonyl (C=O) groups excluding carboxylic acids is 1.